The van der Waals surface area contributed by atoms with Gasteiger partial charge in [0.2, 0.25) is 0 Å². The molecule has 0 bridgehead atoms. The largest absolute Gasteiger partial charge is 0.484 e. The number of pyridine rings is 1. The molecule has 4 aromatic rings. The summed E-state index contributed by atoms with van der Waals surface area (Å²) in [5.41, 5.74) is 2.46. The molecule has 0 aliphatic rings. The average molecular weight is 442 g/mol. The number of hydrogen-bond acceptors (Lipinski definition) is 5. The third-order valence-corrected chi connectivity index (χ3v) is 5.98. The van der Waals surface area contributed by atoms with Gasteiger partial charge in [-0.25, -0.2) is 9.37 Å². The van der Waals surface area contributed by atoms with E-state index in [4.69, 9.17) is 16.3 Å². The van der Waals surface area contributed by atoms with Crippen LogP contribution in [0, 0.1) is 12.7 Å². The lowest BCUT2D eigenvalue weighted by Crippen LogP contribution is -2.34. The highest BCUT2D eigenvalue weighted by atomic mass is 35.5. The van der Waals surface area contributed by atoms with Crippen LogP contribution in [0.15, 0.2) is 60.8 Å². The summed E-state index contributed by atoms with van der Waals surface area (Å²) in [6, 6.07) is 14.8. The summed E-state index contributed by atoms with van der Waals surface area (Å²) in [5.74, 6) is -0.254. The molecular weight excluding hydrogens is 425 g/mol. The van der Waals surface area contributed by atoms with Gasteiger partial charge in [-0.3, -0.25) is 14.7 Å². The Hall–Kier alpha value is -3.03. The highest BCUT2D eigenvalue weighted by molar-refractivity contribution is 7.23. The number of fused-ring (bicyclic) bond motifs is 1. The van der Waals surface area contributed by atoms with Crippen LogP contribution < -0.4 is 9.64 Å². The van der Waals surface area contributed by atoms with Gasteiger partial charge in [0.1, 0.15) is 11.6 Å². The summed E-state index contributed by atoms with van der Waals surface area (Å²) in [6.45, 7) is 1.97. The number of nitrogens with zero attached hydrogens (tertiary/aromatic N) is 3. The van der Waals surface area contributed by atoms with E-state index < -0.39 is 0 Å². The molecule has 2 heterocycles. The number of hydrogen-bond donors (Lipinski definition) is 0. The Bertz CT molecular complexity index is 1140. The molecule has 2 aromatic heterocycles. The highest BCUT2D eigenvalue weighted by Gasteiger charge is 2.22. The van der Waals surface area contributed by atoms with Crippen LogP contribution in [-0.2, 0) is 11.3 Å². The van der Waals surface area contributed by atoms with Crippen LogP contribution in [0.2, 0.25) is 5.02 Å². The zero-order valence-corrected chi connectivity index (χ0v) is 17.6. The van der Waals surface area contributed by atoms with Crippen LogP contribution in [0.5, 0.6) is 5.75 Å². The normalized spacial score (nSPS) is 10.9. The van der Waals surface area contributed by atoms with Crippen molar-refractivity contribution in [1.29, 1.82) is 0 Å². The maximum atomic E-state index is 13.1. The molecule has 0 N–H and O–H groups in total. The monoisotopic (exact) mass is 441 g/mol. The molecule has 1 amide bonds. The number of amides is 1. The van der Waals surface area contributed by atoms with Gasteiger partial charge in [-0.1, -0.05) is 35.1 Å². The zero-order valence-electron chi connectivity index (χ0n) is 16.0. The van der Waals surface area contributed by atoms with Crippen LogP contribution >= 0.6 is 22.9 Å². The number of halogens is 2. The van der Waals surface area contributed by atoms with E-state index in [1.54, 1.807) is 6.20 Å². The van der Waals surface area contributed by atoms with Gasteiger partial charge in [-0.2, -0.15) is 0 Å². The zero-order chi connectivity index (χ0) is 21.1. The van der Waals surface area contributed by atoms with Crippen molar-refractivity contribution in [2.24, 2.45) is 0 Å². The number of aromatic nitrogens is 2. The molecule has 0 saturated carbocycles. The Kier molecular flexibility index (Phi) is 5.92. The number of carbonyl (C=O) groups excluding carboxylic acids is 1. The fourth-order valence-corrected chi connectivity index (χ4v) is 4.21. The Balaban J connectivity index is 1.64. The van der Waals surface area contributed by atoms with Crippen molar-refractivity contribution in [1.82, 2.24) is 9.97 Å². The molecule has 152 valence electrons. The van der Waals surface area contributed by atoms with Crippen molar-refractivity contribution in [2.75, 3.05) is 11.5 Å². The second-order valence-corrected chi connectivity index (χ2v) is 7.97. The number of thiazole rings is 1. The summed E-state index contributed by atoms with van der Waals surface area (Å²) in [5, 5.41) is 1.10. The quantitative estimate of drug-likeness (QED) is 0.401. The van der Waals surface area contributed by atoms with Gasteiger partial charge in [0, 0.05) is 6.20 Å². The summed E-state index contributed by atoms with van der Waals surface area (Å²) in [7, 11) is 0. The molecule has 0 radical (unpaired) electrons. The van der Waals surface area contributed by atoms with E-state index in [0.29, 0.717) is 15.9 Å². The van der Waals surface area contributed by atoms with E-state index in [-0.39, 0.29) is 24.9 Å². The number of anilines is 1. The third-order valence-electron chi connectivity index (χ3n) is 4.44. The molecule has 0 aliphatic carbocycles. The van der Waals surface area contributed by atoms with Gasteiger partial charge in [0.15, 0.2) is 11.7 Å². The minimum Gasteiger partial charge on any atom is -0.484 e. The van der Waals surface area contributed by atoms with Crippen LogP contribution in [0.3, 0.4) is 0 Å². The number of carbonyl (C=O) groups is 1. The Morgan fingerprint density at radius 1 is 1.17 bits per heavy atom. The van der Waals surface area contributed by atoms with Crippen LogP contribution in [0.1, 0.15) is 11.3 Å². The summed E-state index contributed by atoms with van der Waals surface area (Å²) >= 11 is 7.69. The van der Waals surface area contributed by atoms with Gasteiger partial charge in [0.05, 0.1) is 27.5 Å². The van der Waals surface area contributed by atoms with E-state index >= 15 is 0 Å². The maximum Gasteiger partial charge on any atom is 0.267 e. The number of rotatable bonds is 6. The first-order valence-electron chi connectivity index (χ1n) is 9.15. The van der Waals surface area contributed by atoms with Crippen molar-refractivity contribution in [3.63, 3.8) is 0 Å². The SMILES string of the molecule is Cc1ccc(Cl)c2sc(N(Cc3ccccn3)C(=O)COc3ccc(F)cc3)nc12. The maximum absolute atomic E-state index is 13.1. The minimum absolute atomic E-state index is 0.221. The first-order valence-corrected chi connectivity index (χ1v) is 10.3. The molecule has 0 atom stereocenters. The predicted octanol–water partition coefficient (Wildman–Crippen LogP) is 5.40. The van der Waals surface area contributed by atoms with Gasteiger partial charge in [-0.15, -0.1) is 0 Å². The fraction of sp³-hybridized carbons (Fsp3) is 0.136. The molecule has 0 aliphatic heterocycles. The predicted molar refractivity (Wildman–Crippen MR) is 117 cm³/mol. The van der Waals surface area contributed by atoms with Gasteiger partial charge < -0.3 is 4.74 Å². The van der Waals surface area contributed by atoms with Crippen molar-refractivity contribution >= 4 is 44.2 Å². The molecule has 5 nitrogen and oxygen atoms in total. The minimum atomic E-state index is -0.368. The molecule has 0 spiro atoms. The van der Waals surface area contributed by atoms with Crippen LogP contribution in [0.4, 0.5) is 9.52 Å². The first kappa shape index (κ1) is 20.3. The third kappa shape index (κ3) is 4.42. The van der Waals surface area contributed by atoms with Gasteiger partial charge in [0.25, 0.3) is 5.91 Å². The van der Waals surface area contributed by atoms with Gasteiger partial charge in [-0.05, 0) is 55.0 Å². The van der Waals surface area contributed by atoms with E-state index in [2.05, 4.69) is 9.97 Å². The fourth-order valence-electron chi connectivity index (χ4n) is 2.88. The van der Waals surface area contributed by atoms with Gasteiger partial charge >= 0.3 is 0 Å². The Morgan fingerprint density at radius 2 is 1.97 bits per heavy atom. The molecule has 4 rings (SSSR count). The number of ether oxygens (including phenoxy) is 1. The smallest absolute Gasteiger partial charge is 0.267 e. The lowest BCUT2D eigenvalue weighted by Gasteiger charge is -2.19. The first-order chi connectivity index (χ1) is 14.5. The second-order valence-electron chi connectivity index (χ2n) is 6.58. The van der Waals surface area contributed by atoms with E-state index in [0.717, 1.165) is 21.5 Å². The number of aryl methyl sites for hydroxylation is 1. The standard InChI is InChI=1S/C22H17ClFN3O2S/c1-14-5-10-18(23)21-20(14)26-22(30-21)27(12-16-4-2-3-11-25-16)19(28)13-29-17-8-6-15(24)7-9-17/h2-11H,12-13H2,1H3. The van der Waals surface area contributed by atoms with Crippen LogP contribution in [-0.4, -0.2) is 22.5 Å². The van der Waals surface area contributed by atoms with E-state index in [1.165, 1.54) is 40.5 Å². The highest BCUT2D eigenvalue weighted by Crippen LogP contribution is 2.36. The second kappa shape index (κ2) is 8.77. The average Bonchev–Trinajstić information content (AvgIpc) is 3.21. The van der Waals surface area contributed by atoms with E-state index in [9.17, 15) is 9.18 Å². The summed E-state index contributed by atoms with van der Waals surface area (Å²) in [6.07, 6.45) is 1.67. The summed E-state index contributed by atoms with van der Waals surface area (Å²) in [4.78, 5) is 23.6. The van der Waals surface area contributed by atoms with Crippen molar-refractivity contribution < 1.29 is 13.9 Å². The Morgan fingerprint density at radius 3 is 2.67 bits per heavy atom. The molecule has 8 heteroatoms. The topological polar surface area (TPSA) is 55.3 Å². The van der Waals surface area contributed by atoms with Crippen LogP contribution in [0.25, 0.3) is 10.2 Å². The molecular formula is C22H17ClFN3O2S. The molecule has 0 saturated heterocycles. The van der Waals surface area contributed by atoms with Crippen molar-refractivity contribution in [3.05, 3.63) is 82.9 Å². The molecule has 0 unspecified atom stereocenters. The molecule has 2 aromatic carbocycles. The summed E-state index contributed by atoms with van der Waals surface area (Å²) < 4.78 is 19.5. The van der Waals surface area contributed by atoms with E-state index in [1.807, 2.05) is 37.3 Å². The molecule has 0 fully saturated rings. The molecule has 30 heavy (non-hydrogen) atoms. The van der Waals surface area contributed by atoms with Crippen molar-refractivity contribution in [3.8, 4) is 5.75 Å². The Labute approximate surface area is 181 Å². The number of benzene rings is 2. The lowest BCUT2D eigenvalue weighted by atomic mass is 10.2. The lowest BCUT2D eigenvalue weighted by molar-refractivity contribution is -0.120. The van der Waals surface area contributed by atoms with Crippen molar-refractivity contribution in [2.45, 2.75) is 13.5 Å².